The molecule has 0 heterocycles. The molecule has 0 fully saturated rings. The molecule has 1 rings (SSSR count). The van der Waals surface area contributed by atoms with Crippen LogP contribution in [-0.2, 0) is 11.2 Å². The van der Waals surface area contributed by atoms with Crippen LogP contribution in [0.3, 0.4) is 0 Å². The molecule has 19 heavy (non-hydrogen) atoms. The maximum absolute atomic E-state index is 13.8. The minimum Gasteiger partial charge on any atom is -0.382 e. The van der Waals surface area contributed by atoms with Crippen LogP contribution in [0.25, 0.3) is 0 Å². The largest absolute Gasteiger partial charge is 0.382 e. The molecule has 1 unspecified atom stereocenters. The van der Waals surface area contributed by atoms with E-state index in [-0.39, 0.29) is 11.9 Å². The molecule has 0 radical (unpaired) electrons. The predicted molar refractivity (Wildman–Crippen MR) is 78.3 cm³/mol. The number of hydrogen-bond acceptors (Lipinski definition) is 2. The van der Waals surface area contributed by atoms with Crippen molar-refractivity contribution in [1.29, 1.82) is 0 Å². The number of benzene rings is 1. The Morgan fingerprint density at radius 2 is 2.16 bits per heavy atom. The Hall–Kier alpha value is -0.640. The molecule has 0 bridgehead atoms. The van der Waals surface area contributed by atoms with Crippen LogP contribution in [0.1, 0.15) is 32.3 Å². The first-order valence-electron chi connectivity index (χ1n) is 6.93. The zero-order valence-electron chi connectivity index (χ0n) is 11.7. The normalized spacial score (nSPS) is 12.6. The van der Waals surface area contributed by atoms with E-state index in [4.69, 9.17) is 16.3 Å². The summed E-state index contributed by atoms with van der Waals surface area (Å²) in [6, 6.07) is 5.02. The molecule has 0 aliphatic carbocycles. The molecule has 0 amide bonds. The summed E-state index contributed by atoms with van der Waals surface area (Å²) < 4.78 is 19.2. The molecule has 0 aromatic heterocycles. The maximum atomic E-state index is 13.8. The summed E-state index contributed by atoms with van der Waals surface area (Å²) in [4.78, 5) is 0. The summed E-state index contributed by atoms with van der Waals surface area (Å²) >= 11 is 6.07. The molecule has 0 aliphatic heterocycles. The average molecular weight is 288 g/mol. The maximum Gasteiger partial charge on any atom is 0.127 e. The van der Waals surface area contributed by atoms with Crippen LogP contribution in [0.15, 0.2) is 18.2 Å². The van der Waals surface area contributed by atoms with Gasteiger partial charge in [0.15, 0.2) is 0 Å². The molecule has 0 saturated carbocycles. The van der Waals surface area contributed by atoms with E-state index in [1.54, 1.807) is 12.1 Å². The summed E-state index contributed by atoms with van der Waals surface area (Å²) in [6.45, 7) is 6.40. The Kier molecular flexibility index (Phi) is 8.03. The number of halogens is 2. The van der Waals surface area contributed by atoms with E-state index in [0.717, 1.165) is 19.4 Å². The second kappa shape index (κ2) is 9.29. The van der Waals surface area contributed by atoms with Crippen LogP contribution in [-0.4, -0.2) is 25.8 Å². The zero-order valence-corrected chi connectivity index (χ0v) is 12.5. The van der Waals surface area contributed by atoms with Gasteiger partial charge in [-0.05, 0) is 44.9 Å². The van der Waals surface area contributed by atoms with Gasteiger partial charge in [-0.1, -0.05) is 24.6 Å². The van der Waals surface area contributed by atoms with Gasteiger partial charge in [0, 0.05) is 29.8 Å². The van der Waals surface area contributed by atoms with Gasteiger partial charge < -0.3 is 10.1 Å². The van der Waals surface area contributed by atoms with Gasteiger partial charge in [-0.15, -0.1) is 0 Å². The van der Waals surface area contributed by atoms with Crippen molar-refractivity contribution in [3.8, 4) is 0 Å². The summed E-state index contributed by atoms with van der Waals surface area (Å²) in [5.74, 6) is -0.229. The third-order valence-corrected chi connectivity index (χ3v) is 3.36. The summed E-state index contributed by atoms with van der Waals surface area (Å²) in [7, 11) is 0. The Morgan fingerprint density at radius 3 is 2.79 bits per heavy atom. The summed E-state index contributed by atoms with van der Waals surface area (Å²) in [5.41, 5.74) is 0.592. The van der Waals surface area contributed by atoms with E-state index < -0.39 is 0 Å². The van der Waals surface area contributed by atoms with Crippen molar-refractivity contribution in [3.63, 3.8) is 0 Å². The Balaban J connectivity index is 2.64. The quantitative estimate of drug-likeness (QED) is 0.697. The van der Waals surface area contributed by atoms with Crippen LogP contribution < -0.4 is 5.32 Å². The standard InChI is InChI=1S/C15H23ClFNO/c1-3-9-18-12(8-10-19-4-2)11-13-14(16)6-5-7-15(13)17/h5-7,12,18H,3-4,8-11H2,1-2H3. The van der Waals surface area contributed by atoms with Crippen LogP contribution in [0, 0.1) is 5.82 Å². The number of rotatable bonds is 9. The average Bonchev–Trinajstić information content (AvgIpc) is 2.39. The number of nitrogens with one attached hydrogen (secondary N) is 1. The molecule has 4 heteroatoms. The topological polar surface area (TPSA) is 21.3 Å². The highest BCUT2D eigenvalue weighted by atomic mass is 35.5. The highest BCUT2D eigenvalue weighted by Gasteiger charge is 2.14. The molecule has 2 nitrogen and oxygen atoms in total. The first kappa shape index (κ1) is 16.4. The van der Waals surface area contributed by atoms with Crippen molar-refractivity contribution < 1.29 is 9.13 Å². The van der Waals surface area contributed by atoms with E-state index >= 15 is 0 Å². The van der Waals surface area contributed by atoms with Crippen LogP contribution >= 0.6 is 11.6 Å². The van der Waals surface area contributed by atoms with Crippen LogP contribution in [0.2, 0.25) is 5.02 Å². The van der Waals surface area contributed by atoms with E-state index in [2.05, 4.69) is 12.2 Å². The van der Waals surface area contributed by atoms with Gasteiger partial charge >= 0.3 is 0 Å². The zero-order chi connectivity index (χ0) is 14.1. The van der Waals surface area contributed by atoms with Gasteiger partial charge in [-0.2, -0.15) is 0 Å². The SMILES string of the molecule is CCCNC(CCOCC)Cc1c(F)cccc1Cl. The molecule has 1 N–H and O–H groups in total. The first-order chi connectivity index (χ1) is 9.19. The Labute approximate surface area is 120 Å². The van der Waals surface area contributed by atoms with E-state index in [1.165, 1.54) is 6.07 Å². The molecule has 1 aromatic carbocycles. The van der Waals surface area contributed by atoms with Gasteiger partial charge in [0.1, 0.15) is 5.82 Å². The molecule has 1 aromatic rings. The second-order valence-corrected chi connectivity index (χ2v) is 4.95. The molecule has 0 aliphatic rings. The fraction of sp³-hybridized carbons (Fsp3) is 0.600. The molecule has 0 spiro atoms. The minimum absolute atomic E-state index is 0.195. The van der Waals surface area contributed by atoms with E-state index in [9.17, 15) is 4.39 Å². The Bertz CT molecular complexity index is 353. The lowest BCUT2D eigenvalue weighted by Gasteiger charge is -2.19. The van der Waals surface area contributed by atoms with E-state index in [0.29, 0.717) is 30.2 Å². The smallest absolute Gasteiger partial charge is 0.127 e. The minimum atomic E-state index is -0.229. The third kappa shape index (κ3) is 5.89. The van der Waals surface area contributed by atoms with Gasteiger partial charge in [0.2, 0.25) is 0 Å². The predicted octanol–water partition coefficient (Wildman–Crippen LogP) is 3.82. The fourth-order valence-corrected chi connectivity index (χ4v) is 2.21. The number of hydrogen-bond donors (Lipinski definition) is 1. The summed E-state index contributed by atoms with van der Waals surface area (Å²) in [5, 5.41) is 3.93. The van der Waals surface area contributed by atoms with Crippen LogP contribution in [0.5, 0.6) is 0 Å². The van der Waals surface area contributed by atoms with Gasteiger partial charge in [0.25, 0.3) is 0 Å². The Morgan fingerprint density at radius 1 is 1.37 bits per heavy atom. The lowest BCUT2D eigenvalue weighted by atomic mass is 10.0. The van der Waals surface area contributed by atoms with Crippen molar-refractivity contribution in [3.05, 3.63) is 34.6 Å². The summed E-state index contributed by atoms with van der Waals surface area (Å²) in [6.07, 6.45) is 2.51. The van der Waals surface area contributed by atoms with Crippen molar-refractivity contribution >= 4 is 11.6 Å². The van der Waals surface area contributed by atoms with Crippen molar-refractivity contribution in [2.75, 3.05) is 19.8 Å². The highest BCUT2D eigenvalue weighted by Crippen LogP contribution is 2.21. The number of ether oxygens (including phenoxy) is 1. The molecule has 1 atom stereocenters. The monoisotopic (exact) mass is 287 g/mol. The molecule has 108 valence electrons. The second-order valence-electron chi connectivity index (χ2n) is 4.54. The van der Waals surface area contributed by atoms with Crippen molar-refractivity contribution in [2.45, 2.75) is 39.2 Å². The highest BCUT2D eigenvalue weighted by molar-refractivity contribution is 6.31. The molecular formula is C15H23ClFNO. The molecular weight excluding hydrogens is 265 g/mol. The van der Waals surface area contributed by atoms with Crippen LogP contribution in [0.4, 0.5) is 4.39 Å². The van der Waals surface area contributed by atoms with Crippen molar-refractivity contribution in [1.82, 2.24) is 5.32 Å². The molecule has 0 saturated heterocycles. The lowest BCUT2D eigenvalue weighted by molar-refractivity contribution is 0.136. The van der Waals surface area contributed by atoms with Crippen molar-refractivity contribution in [2.24, 2.45) is 0 Å². The van der Waals surface area contributed by atoms with Gasteiger partial charge in [-0.25, -0.2) is 4.39 Å². The van der Waals surface area contributed by atoms with Gasteiger partial charge in [0.05, 0.1) is 0 Å². The fourth-order valence-electron chi connectivity index (χ4n) is 1.97. The lowest BCUT2D eigenvalue weighted by Crippen LogP contribution is -2.33. The van der Waals surface area contributed by atoms with Gasteiger partial charge in [-0.3, -0.25) is 0 Å². The van der Waals surface area contributed by atoms with E-state index in [1.807, 2.05) is 6.92 Å². The third-order valence-electron chi connectivity index (χ3n) is 3.01. The first-order valence-corrected chi connectivity index (χ1v) is 7.30.